The molecule has 3 rings (SSSR count). The summed E-state index contributed by atoms with van der Waals surface area (Å²) in [7, 11) is 1.75. The Morgan fingerprint density at radius 2 is 1.80 bits per heavy atom. The third-order valence-corrected chi connectivity index (χ3v) is 4.50. The third-order valence-electron chi connectivity index (χ3n) is 4.50. The Hall–Kier alpha value is -1.80. The van der Waals surface area contributed by atoms with E-state index in [4.69, 9.17) is 10.5 Å². The van der Waals surface area contributed by atoms with Crippen molar-refractivity contribution in [2.75, 3.05) is 13.7 Å². The zero-order valence-corrected chi connectivity index (χ0v) is 12.4. The van der Waals surface area contributed by atoms with Gasteiger partial charge in [-0.25, -0.2) is 0 Å². The van der Waals surface area contributed by atoms with Crippen LogP contribution in [0.4, 0.5) is 0 Å². The highest BCUT2D eigenvalue weighted by molar-refractivity contribution is 5.86. The van der Waals surface area contributed by atoms with Crippen molar-refractivity contribution in [2.45, 2.75) is 26.2 Å². The summed E-state index contributed by atoms with van der Waals surface area (Å²) in [4.78, 5) is 0. The average molecular weight is 267 g/mol. The molecule has 1 aliphatic rings. The fraction of sp³-hybridized carbons (Fsp3) is 0.333. The van der Waals surface area contributed by atoms with Crippen LogP contribution in [0.25, 0.3) is 11.1 Å². The van der Waals surface area contributed by atoms with Gasteiger partial charge in [-0.1, -0.05) is 24.3 Å². The summed E-state index contributed by atoms with van der Waals surface area (Å²) in [6.07, 6.45) is 0.982. The van der Waals surface area contributed by atoms with Crippen molar-refractivity contribution in [2.24, 2.45) is 5.73 Å². The third kappa shape index (κ3) is 1.75. The van der Waals surface area contributed by atoms with Gasteiger partial charge in [0, 0.05) is 11.5 Å². The van der Waals surface area contributed by atoms with Crippen LogP contribution >= 0.6 is 0 Å². The molecule has 0 bridgehead atoms. The number of nitrogens with two attached hydrogens (primary N) is 1. The lowest BCUT2D eigenvalue weighted by Gasteiger charge is -2.13. The minimum atomic E-state index is 0.402. The van der Waals surface area contributed by atoms with Gasteiger partial charge < -0.3 is 10.5 Å². The van der Waals surface area contributed by atoms with Crippen LogP contribution in [0.1, 0.15) is 34.6 Å². The van der Waals surface area contributed by atoms with Gasteiger partial charge in [-0.3, -0.25) is 0 Å². The van der Waals surface area contributed by atoms with Gasteiger partial charge in [0.2, 0.25) is 0 Å². The van der Waals surface area contributed by atoms with E-state index in [9.17, 15) is 0 Å². The number of hydrogen-bond acceptors (Lipinski definition) is 2. The van der Waals surface area contributed by atoms with Crippen LogP contribution in [0.2, 0.25) is 0 Å². The van der Waals surface area contributed by atoms with Crippen molar-refractivity contribution < 1.29 is 4.74 Å². The van der Waals surface area contributed by atoms with E-state index in [1.807, 2.05) is 0 Å². The molecule has 1 unspecified atom stereocenters. The van der Waals surface area contributed by atoms with Crippen LogP contribution < -0.4 is 10.5 Å². The maximum atomic E-state index is 5.83. The first-order valence-electron chi connectivity index (χ1n) is 7.16. The highest BCUT2D eigenvalue weighted by atomic mass is 16.5. The molecule has 1 atom stereocenters. The lowest BCUT2D eigenvalue weighted by Crippen LogP contribution is -2.06. The van der Waals surface area contributed by atoms with Crippen LogP contribution in [0.15, 0.2) is 30.3 Å². The summed E-state index contributed by atoms with van der Waals surface area (Å²) in [5.74, 6) is 1.37. The Kier molecular flexibility index (Phi) is 3.27. The quantitative estimate of drug-likeness (QED) is 0.918. The SMILES string of the molecule is COc1cccc2c1-c1c(ccc(C)c1C)C2CCN. The molecule has 0 heterocycles. The standard InChI is InChI=1S/C18H21NO/c1-11-7-8-15-13(9-10-19)14-5-4-6-16(20-3)18(14)17(15)12(11)2/h4-8,13H,9-10,19H2,1-3H3. The first-order valence-corrected chi connectivity index (χ1v) is 7.16. The van der Waals surface area contributed by atoms with E-state index in [1.165, 1.54) is 33.4 Å². The van der Waals surface area contributed by atoms with Gasteiger partial charge in [0.15, 0.2) is 0 Å². The Morgan fingerprint density at radius 1 is 1.05 bits per heavy atom. The summed E-state index contributed by atoms with van der Waals surface area (Å²) in [5.41, 5.74) is 13.9. The Labute approximate surface area is 120 Å². The van der Waals surface area contributed by atoms with Crippen LogP contribution in [0.5, 0.6) is 5.75 Å². The molecule has 2 nitrogen and oxygen atoms in total. The van der Waals surface area contributed by atoms with E-state index in [0.717, 1.165) is 12.2 Å². The second kappa shape index (κ2) is 4.95. The predicted molar refractivity (Wildman–Crippen MR) is 83.4 cm³/mol. The van der Waals surface area contributed by atoms with Gasteiger partial charge in [0.1, 0.15) is 5.75 Å². The number of rotatable bonds is 3. The van der Waals surface area contributed by atoms with Crippen molar-refractivity contribution in [3.05, 3.63) is 52.6 Å². The molecule has 0 aliphatic heterocycles. The largest absolute Gasteiger partial charge is 0.496 e. The molecule has 104 valence electrons. The Balaban J connectivity index is 2.33. The first-order chi connectivity index (χ1) is 9.69. The maximum Gasteiger partial charge on any atom is 0.127 e. The number of aryl methyl sites for hydroxylation is 1. The van der Waals surface area contributed by atoms with E-state index in [2.05, 4.69) is 44.2 Å². The van der Waals surface area contributed by atoms with Crippen molar-refractivity contribution in [3.8, 4) is 16.9 Å². The van der Waals surface area contributed by atoms with Crippen molar-refractivity contribution in [3.63, 3.8) is 0 Å². The number of ether oxygens (including phenoxy) is 1. The zero-order chi connectivity index (χ0) is 14.3. The average Bonchev–Trinajstić information content (AvgIpc) is 2.78. The molecule has 0 radical (unpaired) electrons. The van der Waals surface area contributed by atoms with Gasteiger partial charge in [-0.2, -0.15) is 0 Å². The molecule has 2 aromatic carbocycles. The molecule has 0 spiro atoms. The molecular weight excluding hydrogens is 246 g/mol. The number of benzene rings is 2. The van der Waals surface area contributed by atoms with E-state index in [-0.39, 0.29) is 0 Å². The monoisotopic (exact) mass is 267 g/mol. The van der Waals surface area contributed by atoms with Crippen LogP contribution in [0.3, 0.4) is 0 Å². The van der Waals surface area contributed by atoms with Gasteiger partial charge >= 0.3 is 0 Å². The summed E-state index contributed by atoms with van der Waals surface area (Å²) in [6.45, 7) is 5.07. The van der Waals surface area contributed by atoms with Crippen LogP contribution in [-0.2, 0) is 0 Å². The molecule has 0 saturated carbocycles. The number of methoxy groups -OCH3 is 1. The summed E-state index contributed by atoms with van der Waals surface area (Å²) in [5, 5.41) is 0. The van der Waals surface area contributed by atoms with E-state index in [1.54, 1.807) is 7.11 Å². The molecule has 0 saturated heterocycles. The molecule has 2 N–H and O–H groups in total. The second-order valence-electron chi connectivity index (χ2n) is 5.53. The van der Waals surface area contributed by atoms with Crippen LogP contribution in [-0.4, -0.2) is 13.7 Å². The normalized spacial score (nSPS) is 15.9. The van der Waals surface area contributed by atoms with Gasteiger partial charge in [0.25, 0.3) is 0 Å². The minimum Gasteiger partial charge on any atom is -0.496 e. The summed E-state index contributed by atoms with van der Waals surface area (Å²) in [6, 6.07) is 10.8. The molecular formula is C18H21NO. The lowest BCUT2D eigenvalue weighted by molar-refractivity contribution is 0.416. The summed E-state index contributed by atoms with van der Waals surface area (Å²) < 4.78 is 5.60. The molecule has 0 aromatic heterocycles. The second-order valence-corrected chi connectivity index (χ2v) is 5.53. The van der Waals surface area contributed by atoms with Crippen molar-refractivity contribution >= 4 is 0 Å². The predicted octanol–water partition coefficient (Wildman–Crippen LogP) is 3.77. The molecule has 0 amide bonds. The van der Waals surface area contributed by atoms with Crippen molar-refractivity contribution in [1.82, 2.24) is 0 Å². The Morgan fingerprint density at radius 3 is 2.50 bits per heavy atom. The molecule has 0 fully saturated rings. The van der Waals surface area contributed by atoms with E-state index < -0.39 is 0 Å². The smallest absolute Gasteiger partial charge is 0.127 e. The van der Waals surface area contributed by atoms with Gasteiger partial charge in [0.05, 0.1) is 7.11 Å². The van der Waals surface area contributed by atoms with E-state index >= 15 is 0 Å². The Bertz CT molecular complexity index is 661. The fourth-order valence-electron chi connectivity index (χ4n) is 3.38. The maximum absolute atomic E-state index is 5.83. The number of fused-ring (bicyclic) bond motifs is 3. The minimum absolute atomic E-state index is 0.402. The molecule has 2 heteroatoms. The highest BCUT2D eigenvalue weighted by Gasteiger charge is 2.31. The summed E-state index contributed by atoms with van der Waals surface area (Å²) >= 11 is 0. The topological polar surface area (TPSA) is 35.2 Å². The molecule has 1 aliphatic carbocycles. The molecule has 20 heavy (non-hydrogen) atoms. The zero-order valence-electron chi connectivity index (χ0n) is 12.4. The van der Waals surface area contributed by atoms with Crippen molar-refractivity contribution in [1.29, 1.82) is 0 Å². The van der Waals surface area contributed by atoms with Gasteiger partial charge in [-0.05, 0) is 60.7 Å². The highest BCUT2D eigenvalue weighted by Crippen LogP contribution is 2.51. The van der Waals surface area contributed by atoms with Crippen LogP contribution in [0, 0.1) is 13.8 Å². The van der Waals surface area contributed by atoms with Gasteiger partial charge in [-0.15, -0.1) is 0 Å². The van der Waals surface area contributed by atoms with E-state index in [0.29, 0.717) is 12.5 Å². The number of hydrogen-bond donors (Lipinski definition) is 1. The first kappa shape index (κ1) is 13.2. The lowest BCUT2D eigenvalue weighted by atomic mass is 9.92. The fourth-order valence-corrected chi connectivity index (χ4v) is 3.38. The molecule has 2 aromatic rings.